The van der Waals surface area contributed by atoms with E-state index >= 15 is 0 Å². The van der Waals surface area contributed by atoms with Gasteiger partial charge in [0.25, 0.3) is 0 Å². The molecule has 4 aromatic rings. The molecule has 0 bridgehead atoms. The van der Waals surface area contributed by atoms with Gasteiger partial charge in [0.15, 0.2) is 23.1 Å². The van der Waals surface area contributed by atoms with E-state index in [1.807, 2.05) is 121 Å². The van der Waals surface area contributed by atoms with Gasteiger partial charge in [-0.05, 0) is 39.8 Å². The van der Waals surface area contributed by atoms with Crippen LogP contribution in [0.15, 0.2) is 121 Å². The highest BCUT2D eigenvalue weighted by molar-refractivity contribution is 5.98. The first-order valence-corrected chi connectivity index (χ1v) is 18.1. The van der Waals surface area contributed by atoms with Crippen molar-refractivity contribution in [2.75, 3.05) is 14.1 Å². The summed E-state index contributed by atoms with van der Waals surface area (Å²) in [6, 6.07) is 38.8. The summed E-state index contributed by atoms with van der Waals surface area (Å²) in [5, 5.41) is 0. The number of carbonyl (C=O) groups excluding carboxylic acids is 4. The molecule has 2 heterocycles. The molecule has 6 rings (SSSR count). The molecule has 0 saturated carbocycles. The van der Waals surface area contributed by atoms with E-state index in [9.17, 15) is 19.2 Å². The Morgan fingerprint density at radius 1 is 0.400 bits per heavy atom. The van der Waals surface area contributed by atoms with Crippen molar-refractivity contribution in [3.8, 4) is 0 Å². The molecule has 0 spiro atoms. The van der Waals surface area contributed by atoms with Crippen LogP contribution in [0.3, 0.4) is 0 Å². The lowest BCUT2D eigenvalue weighted by Gasteiger charge is -2.39. The fraction of sp³-hybridized carbons (Fsp3) is 0.364. The van der Waals surface area contributed by atoms with Crippen molar-refractivity contribution in [1.29, 1.82) is 0 Å². The molecule has 0 unspecified atom stereocenters. The minimum atomic E-state index is 0.187. The Morgan fingerprint density at radius 2 is 0.600 bits per heavy atom. The second kappa shape index (κ2) is 18.5. The van der Waals surface area contributed by atoms with Crippen LogP contribution in [-0.2, 0) is 0 Å². The van der Waals surface area contributed by atoms with E-state index in [1.54, 1.807) is 0 Å². The average Bonchev–Trinajstić information content (AvgIpc) is 3.16. The zero-order valence-corrected chi connectivity index (χ0v) is 29.5. The number of ketones is 4. The first-order chi connectivity index (χ1) is 24.3. The van der Waals surface area contributed by atoms with Gasteiger partial charge in [-0.15, -0.1) is 0 Å². The van der Waals surface area contributed by atoms with Crippen LogP contribution in [0.25, 0.3) is 0 Å². The zero-order valence-electron chi connectivity index (χ0n) is 29.5. The second-order valence-corrected chi connectivity index (χ2v) is 13.8. The molecule has 2 saturated heterocycles. The highest BCUT2D eigenvalue weighted by Gasteiger charge is 2.32. The van der Waals surface area contributed by atoms with Gasteiger partial charge in [0.2, 0.25) is 0 Å². The fourth-order valence-electron chi connectivity index (χ4n) is 7.40. The van der Waals surface area contributed by atoms with Crippen LogP contribution in [0, 0.1) is 0 Å². The number of Topliss-reactive ketones (excluding diaryl/α,β-unsaturated/α-hetero) is 4. The maximum atomic E-state index is 12.5. The normalized spacial score (nSPS) is 21.0. The second-order valence-electron chi connectivity index (χ2n) is 13.8. The Kier molecular flexibility index (Phi) is 13.6. The van der Waals surface area contributed by atoms with Crippen LogP contribution in [0.2, 0.25) is 0 Å². The predicted molar refractivity (Wildman–Crippen MR) is 200 cm³/mol. The summed E-state index contributed by atoms with van der Waals surface area (Å²) in [5.41, 5.74) is 3.11. The third kappa shape index (κ3) is 10.3. The van der Waals surface area contributed by atoms with E-state index in [0.717, 1.165) is 60.8 Å². The van der Waals surface area contributed by atoms with Gasteiger partial charge in [-0.2, -0.15) is 0 Å². The van der Waals surface area contributed by atoms with E-state index in [0.29, 0.717) is 25.7 Å². The average molecular weight is 671 g/mol. The van der Waals surface area contributed by atoms with E-state index in [1.165, 1.54) is 0 Å². The molecular formula is C44H50N2O4. The monoisotopic (exact) mass is 670 g/mol. The van der Waals surface area contributed by atoms with E-state index in [4.69, 9.17) is 0 Å². The smallest absolute Gasteiger partial charge is 0.164 e. The molecule has 6 heteroatoms. The number of likely N-dealkylation sites (tertiary alicyclic amines) is 2. The molecule has 0 amide bonds. The van der Waals surface area contributed by atoms with Crippen molar-refractivity contribution in [3.05, 3.63) is 144 Å². The molecule has 4 atom stereocenters. The van der Waals surface area contributed by atoms with Crippen LogP contribution >= 0.6 is 0 Å². The van der Waals surface area contributed by atoms with Crippen LogP contribution in [0.4, 0.5) is 0 Å². The molecule has 4 aromatic carbocycles. The summed E-state index contributed by atoms with van der Waals surface area (Å²) in [7, 11) is 4.12. The maximum absolute atomic E-state index is 12.5. The fourth-order valence-corrected chi connectivity index (χ4v) is 7.40. The van der Waals surface area contributed by atoms with Crippen molar-refractivity contribution in [1.82, 2.24) is 9.80 Å². The Bertz CT molecular complexity index is 1430. The summed E-state index contributed by atoms with van der Waals surface area (Å²) in [4.78, 5) is 54.6. The number of benzene rings is 4. The summed E-state index contributed by atoms with van der Waals surface area (Å²) >= 11 is 0. The lowest BCUT2D eigenvalue weighted by atomic mass is 9.88. The van der Waals surface area contributed by atoms with Gasteiger partial charge in [0.05, 0.1) is 0 Å². The maximum Gasteiger partial charge on any atom is 0.164 e. The van der Waals surface area contributed by atoms with Gasteiger partial charge in [-0.25, -0.2) is 0 Å². The summed E-state index contributed by atoms with van der Waals surface area (Å²) in [5.74, 6) is 0.750. The van der Waals surface area contributed by atoms with E-state index in [2.05, 4.69) is 23.9 Å². The minimum Gasteiger partial charge on any atom is -0.300 e. The third-order valence-electron chi connectivity index (χ3n) is 10.5. The number of hydrogen-bond acceptors (Lipinski definition) is 6. The molecule has 2 fully saturated rings. The predicted octanol–water partition coefficient (Wildman–Crippen LogP) is 8.77. The van der Waals surface area contributed by atoms with Crippen LogP contribution < -0.4 is 0 Å². The molecule has 0 aromatic heterocycles. The van der Waals surface area contributed by atoms with Crippen LogP contribution in [0.5, 0.6) is 0 Å². The lowest BCUT2D eigenvalue weighted by Crippen LogP contribution is -2.45. The van der Waals surface area contributed by atoms with Gasteiger partial charge in [-0.3, -0.25) is 29.0 Å². The number of piperidine rings is 2. The van der Waals surface area contributed by atoms with Crippen molar-refractivity contribution in [3.63, 3.8) is 0 Å². The molecule has 50 heavy (non-hydrogen) atoms. The van der Waals surface area contributed by atoms with Crippen molar-refractivity contribution in [2.24, 2.45) is 0 Å². The topological polar surface area (TPSA) is 74.8 Å². The molecule has 260 valence electrons. The van der Waals surface area contributed by atoms with Crippen molar-refractivity contribution >= 4 is 23.1 Å². The molecule has 2 aliphatic rings. The molecule has 0 aliphatic carbocycles. The Labute approximate surface area is 297 Å². The summed E-state index contributed by atoms with van der Waals surface area (Å²) in [6.45, 7) is 0. The molecular weight excluding hydrogens is 620 g/mol. The Hall–Kier alpha value is -4.52. The zero-order chi connectivity index (χ0) is 35.3. The van der Waals surface area contributed by atoms with Crippen molar-refractivity contribution < 1.29 is 19.2 Å². The standard InChI is InChI=1S/2C22H25NO2/c2*1-23-19(15-21(24)17-9-4-2-5-10-17)13-8-14-20(23)16-22(25)18-11-6-3-7-12-18/h2*2-7,9-12,19-20H,8,13-16H2,1H3/t2*19-,20-/m10/s1. The third-order valence-corrected chi connectivity index (χ3v) is 10.5. The van der Waals surface area contributed by atoms with Gasteiger partial charge < -0.3 is 0 Å². The van der Waals surface area contributed by atoms with E-state index < -0.39 is 0 Å². The van der Waals surface area contributed by atoms with Gasteiger partial charge >= 0.3 is 0 Å². The summed E-state index contributed by atoms with van der Waals surface area (Å²) in [6.07, 6.45) is 8.32. The summed E-state index contributed by atoms with van der Waals surface area (Å²) < 4.78 is 0. The van der Waals surface area contributed by atoms with Gasteiger partial charge in [0, 0.05) is 72.1 Å². The van der Waals surface area contributed by atoms with Gasteiger partial charge in [0.1, 0.15) is 0 Å². The molecule has 6 nitrogen and oxygen atoms in total. The van der Waals surface area contributed by atoms with E-state index in [-0.39, 0.29) is 47.3 Å². The highest BCUT2D eigenvalue weighted by atomic mass is 16.1. The molecule has 2 aliphatic heterocycles. The minimum absolute atomic E-state index is 0.187. The largest absolute Gasteiger partial charge is 0.300 e. The number of nitrogens with zero attached hydrogens (tertiary/aromatic N) is 2. The molecule has 0 radical (unpaired) electrons. The van der Waals surface area contributed by atoms with Crippen LogP contribution in [-0.4, -0.2) is 71.2 Å². The number of hydrogen-bond donors (Lipinski definition) is 0. The number of rotatable bonds is 12. The SMILES string of the molecule is CN1[C@@H](CC(=O)c2ccccc2)CCC[C@@H]1CC(=O)c1ccccc1.CN1[C@H](CC(=O)c2ccccc2)CCC[C@H]1CC(=O)c1ccccc1. The quantitative estimate of drug-likeness (QED) is 0.140. The first-order valence-electron chi connectivity index (χ1n) is 18.1. The van der Waals surface area contributed by atoms with Crippen LogP contribution in [0.1, 0.15) is 106 Å². The lowest BCUT2D eigenvalue weighted by molar-refractivity contribution is 0.0711. The van der Waals surface area contributed by atoms with Gasteiger partial charge in [-0.1, -0.05) is 134 Å². The first kappa shape index (κ1) is 36.8. The number of carbonyl (C=O) groups is 4. The Balaban J connectivity index is 0.000000194. The van der Waals surface area contributed by atoms with Crippen molar-refractivity contribution in [2.45, 2.75) is 88.4 Å². The Morgan fingerprint density at radius 3 is 0.800 bits per heavy atom. The molecule has 0 N–H and O–H groups in total. The highest BCUT2D eigenvalue weighted by Crippen LogP contribution is 2.29.